The summed E-state index contributed by atoms with van der Waals surface area (Å²) in [6.45, 7) is 1.61. The van der Waals surface area contributed by atoms with Crippen LogP contribution in [-0.2, 0) is 4.79 Å². The summed E-state index contributed by atoms with van der Waals surface area (Å²) in [5.74, 6) is -0.00330. The lowest BCUT2D eigenvalue weighted by molar-refractivity contribution is -0.127. The standard InChI is InChI=1S/C18H15Cl2N3O2/c1-11(25-17-7-6-13(19)8-15(17)20)18(24)23-22-10-12-9-21-16-5-3-2-4-14(12)16/h2-11,21H,1H3,(H,23,24)/b22-10-/t11-/m1/s1. The number of para-hydroxylation sites is 1. The van der Waals surface area contributed by atoms with Gasteiger partial charge in [0.15, 0.2) is 6.10 Å². The second-order valence-electron chi connectivity index (χ2n) is 5.36. The Kier molecular flexibility index (Phi) is 5.26. The van der Waals surface area contributed by atoms with E-state index < -0.39 is 6.10 Å². The van der Waals surface area contributed by atoms with E-state index in [9.17, 15) is 4.79 Å². The number of halogens is 2. The Labute approximate surface area is 154 Å². The molecule has 0 radical (unpaired) electrons. The zero-order chi connectivity index (χ0) is 17.8. The smallest absolute Gasteiger partial charge is 0.280 e. The van der Waals surface area contributed by atoms with Crippen molar-refractivity contribution in [3.05, 3.63) is 64.3 Å². The summed E-state index contributed by atoms with van der Waals surface area (Å²) in [4.78, 5) is 15.2. The molecule has 0 saturated carbocycles. The molecule has 7 heteroatoms. The number of nitrogens with zero attached hydrogens (tertiary/aromatic N) is 1. The van der Waals surface area contributed by atoms with Crippen molar-refractivity contribution in [1.82, 2.24) is 10.4 Å². The van der Waals surface area contributed by atoms with Gasteiger partial charge in [-0.15, -0.1) is 0 Å². The van der Waals surface area contributed by atoms with E-state index in [1.165, 1.54) is 0 Å². The van der Waals surface area contributed by atoms with Crippen LogP contribution in [0.3, 0.4) is 0 Å². The van der Waals surface area contributed by atoms with Crippen LogP contribution in [0.4, 0.5) is 0 Å². The van der Waals surface area contributed by atoms with Crippen LogP contribution in [0.5, 0.6) is 5.75 Å². The topological polar surface area (TPSA) is 66.5 Å². The molecule has 1 heterocycles. The number of hydrogen-bond acceptors (Lipinski definition) is 3. The average Bonchev–Trinajstić information content (AvgIpc) is 3.00. The van der Waals surface area contributed by atoms with Gasteiger partial charge in [0.05, 0.1) is 11.2 Å². The second-order valence-corrected chi connectivity index (χ2v) is 6.20. The molecule has 2 N–H and O–H groups in total. The van der Waals surface area contributed by atoms with Gasteiger partial charge in [-0.2, -0.15) is 5.10 Å². The predicted octanol–water partition coefficient (Wildman–Crippen LogP) is 4.39. The summed E-state index contributed by atoms with van der Waals surface area (Å²) < 4.78 is 5.54. The molecule has 0 saturated heterocycles. The maximum atomic E-state index is 12.1. The summed E-state index contributed by atoms with van der Waals surface area (Å²) in [5, 5.41) is 5.85. The number of amides is 1. The van der Waals surface area contributed by atoms with Crippen molar-refractivity contribution in [2.24, 2.45) is 5.10 Å². The number of carbonyl (C=O) groups is 1. The Hall–Kier alpha value is -2.50. The minimum atomic E-state index is -0.765. The van der Waals surface area contributed by atoms with Crippen molar-refractivity contribution in [1.29, 1.82) is 0 Å². The summed E-state index contributed by atoms with van der Waals surface area (Å²) >= 11 is 11.9. The van der Waals surface area contributed by atoms with Gasteiger partial charge in [-0.1, -0.05) is 41.4 Å². The van der Waals surface area contributed by atoms with Gasteiger partial charge >= 0.3 is 0 Å². The molecule has 1 atom stereocenters. The molecule has 3 aromatic rings. The molecule has 25 heavy (non-hydrogen) atoms. The normalized spacial score (nSPS) is 12.4. The highest BCUT2D eigenvalue weighted by Gasteiger charge is 2.15. The molecule has 0 bridgehead atoms. The molecule has 0 aliphatic carbocycles. The van der Waals surface area contributed by atoms with Crippen molar-refractivity contribution in [2.45, 2.75) is 13.0 Å². The summed E-state index contributed by atoms with van der Waals surface area (Å²) in [5.41, 5.74) is 4.34. The summed E-state index contributed by atoms with van der Waals surface area (Å²) in [6, 6.07) is 12.6. The number of hydrogen-bond donors (Lipinski definition) is 2. The SMILES string of the molecule is C[C@@H](Oc1ccc(Cl)cc1Cl)C(=O)N/N=C\c1c[nH]c2ccccc12. The number of aromatic amines is 1. The first kappa shape index (κ1) is 17.3. The first-order valence-electron chi connectivity index (χ1n) is 7.55. The molecule has 0 spiro atoms. The van der Waals surface area contributed by atoms with Crippen LogP contribution in [0.25, 0.3) is 10.9 Å². The number of fused-ring (bicyclic) bond motifs is 1. The lowest BCUT2D eigenvalue weighted by Crippen LogP contribution is -2.33. The van der Waals surface area contributed by atoms with Crippen LogP contribution >= 0.6 is 23.2 Å². The Bertz CT molecular complexity index is 937. The Morgan fingerprint density at radius 3 is 2.88 bits per heavy atom. The van der Waals surface area contributed by atoms with E-state index >= 15 is 0 Å². The lowest BCUT2D eigenvalue weighted by atomic mass is 10.2. The van der Waals surface area contributed by atoms with E-state index in [2.05, 4.69) is 15.5 Å². The van der Waals surface area contributed by atoms with Crippen molar-refractivity contribution < 1.29 is 9.53 Å². The number of aromatic nitrogens is 1. The highest BCUT2D eigenvalue weighted by atomic mass is 35.5. The van der Waals surface area contributed by atoms with Gasteiger partial charge < -0.3 is 9.72 Å². The fourth-order valence-corrected chi connectivity index (χ4v) is 2.72. The van der Waals surface area contributed by atoms with Gasteiger partial charge in [-0.05, 0) is 31.2 Å². The lowest BCUT2D eigenvalue weighted by Gasteiger charge is -2.14. The zero-order valence-electron chi connectivity index (χ0n) is 13.3. The summed E-state index contributed by atoms with van der Waals surface area (Å²) in [7, 11) is 0. The maximum Gasteiger partial charge on any atom is 0.280 e. The van der Waals surface area contributed by atoms with E-state index in [0.29, 0.717) is 15.8 Å². The Morgan fingerprint density at radius 2 is 2.08 bits per heavy atom. The fraction of sp³-hybridized carbons (Fsp3) is 0.111. The van der Waals surface area contributed by atoms with Crippen LogP contribution in [0.2, 0.25) is 10.0 Å². The minimum Gasteiger partial charge on any atom is -0.479 e. The van der Waals surface area contributed by atoms with Crippen molar-refractivity contribution in [3.8, 4) is 5.75 Å². The molecular weight excluding hydrogens is 361 g/mol. The van der Waals surface area contributed by atoms with Gasteiger partial charge in [-0.3, -0.25) is 4.79 Å². The van der Waals surface area contributed by atoms with E-state index in [1.807, 2.05) is 30.5 Å². The van der Waals surface area contributed by atoms with E-state index in [4.69, 9.17) is 27.9 Å². The molecular formula is C18H15Cl2N3O2. The number of benzene rings is 2. The van der Waals surface area contributed by atoms with Gasteiger partial charge in [0.2, 0.25) is 0 Å². The highest BCUT2D eigenvalue weighted by molar-refractivity contribution is 6.35. The molecule has 0 fully saturated rings. The van der Waals surface area contributed by atoms with Crippen LogP contribution in [0.15, 0.2) is 53.8 Å². The number of carbonyl (C=O) groups excluding carboxylic acids is 1. The Balaban J connectivity index is 1.61. The third kappa shape index (κ3) is 4.13. The highest BCUT2D eigenvalue weighted by Crippen LogP contribution is 2.28. The zero-order valence-corrected chi connectivity index (χ0v) is 14.8. The largest absolute Gasteiger partial charge is 0.479 e. The molecule has 2 aromatic carbocycles. The molecule has 1 amide bonds. The number of H-pyrrole nitrogens is 1. The molecule has 3 rings (SSSR count). The predicted molar refractivity (Wildman–Crippen MR) is 101 cm³/mol. The van der Waals surface area contributed by atoms with Crippen molar-refractivity contribution >= 4 is 46.2 Å². The van der Waals surface area contributed by atoms with Gasteiger partial charge in [-0.25, -0.2) is 5.43 Å². The number of rotatable bonds is 5. The van der Waals surface area contributed by atoms with Crippen LogP contribution < -0.4 is 10.2 Å². The average molecular weight is 376 g/mol. The number of hydrazone groups is 1. The first-order valence-corrected chi connectivity index (χ1v) is 8.31. The minimum absolute atomic E-state index is 0.342. The Morgan fingerprint density at radius 1 is 1.28 bits per heavy atom. The number of nitrogens with one attached hydrogen (secondary N) is 2. The molecule has 128 valence electrons. The summed E-state index contributed by atoms with van der Waals surface area (Å²) in [6.07, 6.45) is 2.64. The molecule has 0 aliphatic heterocycles. The van der Waals surface area contributed by atoms with Crippen molar-refractivity contribution in [3.63, 3.8) is 0 Å². The van der Waals surface area contributed by atoms with Gasteiger partial charge in [0.25, 0.3) is 5.91 Å². The quantitative estimate of drug-likeness (QED) is 0.512. The van der Waals surface area contributed by atoms with Gasteiger partial charge in [0.1, 0.15) is 5.75 Å². The third-order valence-electron chi connectivity index (χ3n) is 3.57. The van der Waals surface area contributed by atoms with E-state index in [0.717, 1.165) is 16.5 Å². The maximum absolute atomic E-state index is 12.1. The number of ether oxygens (including phenoxy) is 1. The van der Waals surface area contributed by atoms with Crippen molar-refractivity contribution in [2.75, 3.05) is 0 Å². The third-order valence-corrected chi connectivity index (χ3v) is 4.10. The molecule has 5 nitrogen and oxygen atoms in total. The fourth-order valence-electron chi connectivity index (χ4n) is 2.27. The van der Waals surface area contributed by atoms with E-state index in [1.54, 1.807) is 31.3 Å². The molecule has 0 unspecified atom stereocenters. The second kappa shape index (κ2) is 7.59. The molecule has 1 aromatic heterocycles. The molecule has 0 aliphatic rings. The van der Waals surface area contributed by atoms with Gasteiger partial charge in [0, 0.05) is 27.7 Å². The first-order chi connectivity index (χ1) is 12.0. The monoisotopic (exact) mass is 375 g/mol. The van der Waals surface area contributed by atoms with E-state index in [-0.39, 0.29) is 5.91 Å². The van der Waals surface area contributed by atoms with Crippen LogP contribution in [0.1, 0.15) is 12.5 Å². The van der Waals surface area contributed by atoms with Crippen LogP contribution in [-0.4, -0.2) is 23.2 Å². The van der Waals surface area contributed by atoms with Crippen LogP contribution in [0, 0.1) is 0 Å².